The zero-order valence-corrected chi connectivity index (χ0v) is 13.9. The highest BCUT2D eigenvalue weighted by Crippen LogP contribution is 2.35. The minimum Gasteiger partial charge on any atom is -0.396 e. The van der Waals surface area contributed by atoms with Crippen molar-refractivity contribution in [3.05, 3.63) is 34.2 Å². The molecule has 24 heavy (non-hydrogen) atoms. The molecule has 6 heteroatoms. The maximum atomic E-state index is 12.9. The summed E-state index contributed by atoms with van der Waals surface area (Å²) >= 11 is 0. The Labute approximate surface area is 140 Å². The first-order valence-corrected chi connectivity index (χ1v) is 8.74. The summed E-state index contributed by atoms with van der Waals surface area (Å²) in [6.07, 6.45) is 3.76. The lowest BCUT2D eigenvalue weighted by molar-refractivity contribution is 0.0515. The van der Waals surface area contributed by atoms with E-state index in [0.717, 1.165) is 36.7 Å². The summed E-state index contributed by atoms with van der Waals surface area (Å²) < 4.78 is 1.80. The third kappa shape index (κ3) is 2.55. The van der Waals surface area contributed by atoms with Crippen LogP contribution in [0.4, 0.5) is 0 Å². The molecule has 1 aromatic carbocycles. The molecule has 2 heterocycles. The average Bonchev–Trinajstić information content (AvgIpc) is 3.35. The molecule has 1 aliphatic carbocycles. The Morgan fingerprint density at radius 2 is 2.12 bits per heavy atom. The van der Waals surface area contributed by atoms with Crippen LogP contribution in [0.1, 0.15) is 49.0 Å². The van der Waals surface area contributed by atoms with E-state index in [2.05, 4.69) is 4.98 Å². The van der Waals surface area contributed by atoms with Crippen LogP contribution >= 0.6 is 0 Å². The Balaban J connectivity index is 1.62. The van der Waals surface area contributed by atoms with Crippen molar-refractivity contribution in [3.8, 4) is 0 Å². The quantitative estimate of drug-likeness (QED) is 0.903. The van der Waals surface area contributed by atoms with Crippen molar-refractivity contribution in [2.75, 3.05) is 13.2 Å². The predicted molar refractivity (Wildman–Crippen MR) is 91.1 cm³/mol. The van der Waals surface area contributed by atoms with Crippen LogP contribution in [-0.2, 0) is 0 Å². The van der Waals surface area contributed by atoms with E-state index < -0.39 is 0 Å². The van der Waals surface area contributed by atoms with Gasteiger partial charge in [-0.15, -0.1) is 0 Å². The van der Waals surface area contributed by atoms with Gasteiger partial charge >= 0.3 is 5.69 Å². The molecule has 0 unspecified atom stereocenters. The third-order valence-corrected chi connectivity index (χ3v) is 5.38. The number of imidazole rings is 1. The summed E-state index contributed by atoms with van der Waals surface area (Å²) in [6, 6.07) is 5.92. The molecule has 1 amide bonds. The van der Waals surface area contributed by atoms with E-state index in [1.807, 2.05) is 24.0 Å². The first kappa shape index (κ1) is 15.4. The number of aromatic amines is 1. The highest BCUT2D eigenvalue weighted by molar-refractivity contribution is 5.97. The molecule has 4 rings (SSSR count). The van der Waals surface area contributed by atoms with Gasteiger partial charge in [0.05, 0.1) is 11.0 Å². The van der Waals surface area contributed by atoms with Gasteiger partial charge < -0.3 is 15.0 Å². The number of hydrogen-bond donors (Lipinski definition) is 2. The number of carbonyl (C=O) groups excluding carboxylic acids is 1. The van der Waals surface area contributed by atoms with E-state index in [4.69, 9.17) is 0 Å². The maximum Gasteiger partial charge on any atom is 0.326 e. The van der Waals surface area contributed by atoms with Crippen molar-refractivity contribution in [2.24, 2.45) is 5.92 Å². The van der Waals surface area contributed by atoms with Gasteiger partial charge in [-0.2, -0.15) is 0 Å². The number of aromatic nitrogens is 2. The summed E-state index contributed by atoms with van der Waals surface area (Å²) in [6.45, 7) is 2.89. The summed E-state index contributed by atoms with van der Waals surface area (Å²) in [5.74, 6) is 0.288. The van der Waals surface area contributed by atoms with E-state index >= 15 is 0 Å². The summed E-state index contributed by atoms with van der Waals surface area (Å²) in [5.41, 5.74) is 2.14. The lowest BCUT2D eigenvalue weighted by Gasteiger charge is -2.37. The van der Waals surface area contributed by atoms with Gasteiger partial charge in [0, 0.05) is 30.8 Å². The third-order valence-electron chi connectivity index (χ3n) is 5.38. The molecule has 2 atom stereocenters. The number of hydrogen-bond acceptors (Lipinski definition) is 3. The number of amides is 1. The number of nitrogens with zero attached hydrogens (tertiary/aromatic N) is 2. The van der Waals surface area contributed by atoms with Crippen LogP contribution in [-0.4, -0.2) is 44.7 Å². The number of piperidine rings is 1. The monoisotopic (exact) mass is 329 g/mol. The Bertz CT molecular complexity index is 834. The van der Waals surface area contributed by atoms with E-state index in [0.29, 0.717) is 18.2 Å². The standard InChI is InChI=1S/C18H23N3O3/c1-11-8-12(10-22)6-7-20(11)17(23)13-2-5-16-15(9-13)19-18(24)21(16)14-3-4-14/h2,5,9,11-12,14,22H,3-4,6-8,10H2,1H3,(H,19,24)/t11-,12-/m1/s1. The fourth-order valence-corrected chi connectivity index (χ4v) is 3.86. The minimum absolute atomic E-state index is 0.000751. The molecule has 2 aromatic rings. The molecule has 128 valence electrons. The molecule has 0 radical (unpaired) electrons. The van der Waals surface area contributed by atoms with Crippen molar-refractivity contribution >= 4 is 16.9 Å². The highest BCUT2D eigenvalue weighted by atomic mass is 16.3. The smallest absolute Gasteiger partial charge is 0.326 e. The number of aliphatic hydroxyl groups is 1. The second-order valence-corrected chi connectivity index (χ2v) is 7.18. The molecular weight excluding hydrogens is 306 g/mol. The first-order chi connectivity index (χ1) is 11.6. The van der Waals surface area contributed by atoms with Crippen molar-refractivity contribution < 1.29 is 9.90 Å². The van der Waals surface area contributed by atoms with Crippen LogP contribution in [0.5, 0.6) is 0 Å². The van der Waals surface area contributed by atoms with Crippen LogP contribution < -0.4 is 5.69 Å². The van der Waals surface area contributed by atoms with Gasteiger partial charge in [-0.05, 0) is 56.7 Å². The van der Waals surface area contributed by atoms with Crippen LogP contribution in [0.3, 0.4) is 0 Å². The zero-order valence-electron chi connectivity index (χ0n) is 13.9. The molecule has 1 saturated heterocycles. The highest BCUT2D eigenvalue weighted by Gasteiger charge is 2.30. The van der Waals surface area contributed by atoms with Gasteiger partial charge in [0.15, 0.2) is 0 Å². The predicted octanol–water partition coefficient (Wildman–Crippen LogP) is 1.90. The van der Waals surface area contributed by atoms with Gasteiger partial charge in [0.1, 0.15) is 0 Å². The SMILES string of the molecule is C[C@@H]1C[C@H](CO)CCN1C(=O)c1ccc2c(c1)[nH]c(=O)n2C1CC1. The number of H-pyrrole nitrogens is 1. The summed E-state index contributed by atoms with van der Waals surface area (Å²) in [4.78, 5) is 29.7. The number of benzene rings is 1. The number of likely N-dealkylation sites (tertiary alicyclic amines) is 1. The fourth-order valence-electron chi connectivity index (χ4n) is 3.86. The second kappa shape index (κ2) is 5.77. The van der Waals surface area contributed by atoms with Gasteiger partial charge in [0.2, 0.25) is 0 Å². The molecular formula is C18H23N3O3. The van der Waals surface area contributed by atoms with Crippen LogP contribution in [0, 0.1) is 5.92 Å². The molecule has 6 nitrogen and oxygen atoms in total. The van der Waals surface area contributed by atoms with Crippen molar-refractivity contribution in [3.63, 3.8) is 0 Å². The van der Waals surface area contributed by atoms with Crippen LogP contribution in [0.25, 0.3) is 11.0 Å². The Hall–Kier alpha value is -2.08. The Kier molecular flexibility index (Phi) is 3.72. The summed E-state index contributed by atoms with van der Waals surface area (Å²) in [5, 5.41) is 9.31. The molecule has 1 aliphatic heterocycles. The first-order valence-electron chi connectivity index (χ1n) is 8.74. The molecule has 1 saturated carbocycles. The van der Waals surface area contributed by atoms with Crippen LogP contribution in [0.15, 0.2) is 23.0 Å². The molecule has 2 aliphatic rings. The van der Waals surface area contributed by atoms with Gasteiger partial charge in [-0.3, -0.25) is 9.36 Å². The normalized spacial score (nSPS) is 24.5. The Morgan fingerprint density at radius 1 is 1.33 bits per heavy atom. The van der Waals surface area contributed by atoms with Crippen molar-refractivity contribution in [2.45, 2.75) is 44.7 Å². The lowest BCUT2D eigenvalue weighted by atomic mass is 9.92. The van der Waals surface area contributed by atoms with Crippen molar-refractivity contribution in [1.29, 1.82) is 0 Å². The van der Waals surface area contributed by atoms with Gasteiger partial charge in [-0.25, -0.2) is 4.79 Å². The molecule has 0 bridgehead atoms. The minimum atomic E-state index is -0.0887. The largest absolute Gasteiger partial charge is 0.396 e. The molecule has 2 N–H and O–H groups in total. The molecule has 0 spiro atoms. The Morgan fingerprint density at radius 3 is 2.79 bits per heavy atom. The van der Waals surface area contributed by atoms with E-state index in [9.17, 15) is 14.7 Å². The van der Waals surface area contributed by atoms with Crippen molar-refractivity contribution in [1.82, 2.24) is 14.5 Å². The number of aliphatic hydroxyl groups excluding tert-OH is 1. The number of rotatable bonds is 3. The number of fused-ring (bicyclic) bond motifs is 1. The number of nitrogens with one attached hydrogen (secondary N) is 1. The van der Waals surface area contributed by atoms with E-state index in [-0.39, 0.29) is 30.2 Å². The van der Waals surface area contributed by atoms with Crippen LogP contribution in [0.2, 0.25) is 0 Å². The number of carbonyl (C=O) groups is 1. The van der Waals surface area contributed by atoms with E-state index in [1.54, 1.807) is 10.6 Å². The summed E-state index contributed by atoms with van der Waals surface area (Å²) in [7, 11) is 0. The lowest BCUT2D eigenvalue weighted by Crippen LogP contribution is -2.45. The van der Waals surface area contributed by atoms with Gasteiger partial charge in [-0.1, -0.05) is 0 Å². The topological polar surface area (TPSA) is 78.3 Å². The maximum absolute atomic E-state index is 12.9. The average molecular weight is 329 g/mol. The fraction of sp³-hybridized carbons (Fsp3) is 0.556. The molecule has 1 aromatic heterocycles. The second-order valence-electron chi connectivity index (χ2n) is 7.18. The van der Waals surface area contributed by atoms with E-state index in [1.165, 1.54) is 0 Å². The van der Waals surface area contributed by atoms with Gasteiger partial charge in [0.25, 0.3) is 5.91 Å². The molecule has 2 fully saturated rings. The zero-order chi connectivity index (χ0) is 16.8.